The summed E-state index contributed by atoms with van der Waals surface area (Å²) in [5.74, 6) is -0.759. The van der Waals surface area contributed by atoms with E-state index in [4.69, 9.17) is 11.6 Å². The number of anilines is 1. The number of carbonyl (C=O) groups is 1. The number of methoxy groups -OCH3 is 1. The molecule has 7 heteroatoms. The predicted octanol–water partition coefficient (Wildman–Crippen LogP) is 3.77. The topological polar surface area (TPSA) is 51.2 Å². The second kappa shape index (κ2) is 6.87. The quantitative estimate of drug-likeness (QED) is 0.849. The Hall–Kier alpha value is -1.66. The summed E-state index contributed by atoms with van der Waals surface area (Å²) in [6, 6.07) is 6.39. The number of carbonyl (C=O) groups excluding carboxylic acids is 1. The lowest BCUT2D eigenvalue weighted by molar-refractivity contribution is 0.0606. The minimum absolute atomic E-state index is 0.0585. The van der Waals surface area contributed by atoms with Crippen molar-refractivity contribution in [2.45, 2.75) is 19.4 Å². The Morgan fingerprint density at radius 1 is 1.48 bits per heavy atom. The molecule has 1 aromatic carbocycles. The normalized spacial score (nSPS) is 12.0. The zero-order chi connectivity index (χ0) is 15.4. The Labute approximate surface area is 130 Å². The van der Waals surface area contributed by atoms with Gasteiger partial charge in [-0.05, 0) is 31.0 Å². The SMILES string of the molecule is COC(=O)c1sc(NC(C)Cc2ccc(F)cc2)nc1Cl. The first-order valence-corrected chi connectivity index (χ1v) is 7.44. The fourth-order valence-electron chi connectivity index (χ4n) is 1.82. The van der Waals surface area contributed by atoms with Gasteiger partial charge >= 0.3 is 5.97 Å². The maximum atomic E-state index is 12.8. The van der Waals surface area contributed by atoms with E-state index in [2.05, 4.69) is 15.0 Å². The van der Waals surface area contributed by atoms with Crippen molar-refractivity contribution in [1.82, 2.24) is 4.98 Å². The fraction of sp³-hybridized carbons (Fsp3) is 0.286. The molecule has 2 rings (SSSR count). The first kappa shape index (κ1) is 15.7. The van der Waals surface area contributed by atoms with Gasteiger partial charge < -0.3 is 10.1 Å². The van der Waals surface area contributed by atoms with E-state index >= 15 is 0 Å². The highest BCUT2D eigenvalue weighted by Gasteiger charge is 2.18. The number of ether oxygens (including phenoxy) is 1. The van der Waals surface area contributed by atoms with Crippen molar-refractivity contribution in [3.8, 4) is 0 Å². The molecular weight excluding hydrogens is 315 g/mol. The highest BCUT2D eigenvalue weighted by Crippen LogP contribution is 2.28. The van der Waals surface area contributed by atoms with E-state index in [1.54, 1.807) is 12.1 Å². The van der Waals surface area contributed by atoms with E-state index in [-0.39, 0.29) is 21.9 Å². The maximum Gasteiger partial charge on any atom is 0.351 e. The van der Waals surface area contributed by atoms with Gasteiger partial charge in [0.1, 0.15) is 5.82 Å². The van der Waals surface area contributed by atoms with Crippen LogP contribution < -0.4 is 5.32 Å². The van der Waals surface area contributed by atoms with Crippen LogP contribution in [0, 0.1) is 5.82 Å². The number of hydrogen-bond donors (Lipinski definition) is 1. The second-order valence-corrected chi connectivity index (χ2v) is 5.86. The van der Waals surface area contributed by atoms with Gasteiger partial charge in [-0.1, -0.05) is 35.1 Å². The Morgan fingerprint density at radius 3 is 2.76 bits per heavy atom. The van der Waals surface area contributed by atoms with Crippen LogP contribution in [0.15, 0.2) is 24.3 Å². The standard InChI is InChI=1S/C14H14ClFN2O2S/c1-8(7-9-3-5-10(16)6-4-9)17-14-18-12(15)11(21-14)13(19)20-2/h3-6,8H,7H2,1-2H3,(H,17,18). The molecule has 0 aliphatic heterocycles. The Bertz CT molecular complexity index is 630. The minimum atomic E-state index is -0.503. The van der Waals surface area contributed by atoms with Crippen molar-refractivity contribution >= 4 is 34.0 Å². The van der Waals surface area contributed by atoms with E-state index in [0.717, 1.165) is 16.9 Å². The van der Waals surface area contributed by atoms with Gasteiger partial charge in [-0.2, -0.15) is 0 Å². The molecule has 0 spiro atoms. The number of aromatic nitrogens is 1. The number of hydrogen-bond acceptors (Lipinski definition) is 5. The number of esters is 1. The molecule has 0 bridgehead atoms. The van der Waals surface area contributed by atoms with Gasteiger partial charge in [0.25, 0.3) is 0 Å². The highest BCUT2D eigenvalue weighted by atomic mass is 35.5. The summed E-state index contributed by atoms with van der Waals surface area (Å²) in [5, 5.41) is 3.85. The maximum absolute atomic E-state index is 12.8. The van der Waals surface area contributed by atoms with E-state index < -0.39 is 5.97 Å². The van der Waals surface area contributed by atoms with Crippen LogP contribution in [0.4, 0.5) is 9.52 Å². The zero-order valence-corrected chi connectivity index (χ0v) is 13.1. The Kier molecular flexibility index (Phi) is 5.14. The van der Waals surface area contributed by atoms with Crippen molar-refractivity contribution in [3.05, 3.63) is 45.7 Å². The zero-order valence-electron chi connectivity index (χ0n) is 11.5. The third-order valence-electron chi connectivity index (χ3n) is 2.78. The molecule has 112 valence electrons. The van der Waals surface area contributed by atoms with E-state index in [1.165, 1.54) is 19.2 Å². The van der Waals surface area contributed by atoms with Crippen LogP contribution in [0.1, 0.15) is 22.2 Å². The molecule has 2 aromatic rings. The van der Waals surface area contributed by atoms with Crippen LogP contribution in [-0.2, 0) is 11.2 Å². The van der Waals surface area contributed by atoms with Gasteiger partial charge in [0.05, 0.1) is 7.11 Å². The summed E-state index contributed by atoms with van der Waals surface area (Å²) in [6.07, 6.45) is 0.699. The summed E-state index contributed by atoms with van der Waals surface area (Å²) >= 11 is 7.04. The second-order valence-electron chi connectivity index (χ2n) is 4.51. The number of rotatable bonds is 5. The van der Waals surface area contributed by atoms with Crippen molar-refractivity contribution in [2.75, 3.05) is 12.4 Å². The van der Waals surface area contributed by atoms with Gasteiger partial charge in [-0.3, -0.25) is 0 Å². The van der Waals surface area contributed by atoms with E-state index in [9.17, 15) is 9.18 Å². The number of thiazole rings is 1. The predicted molar refractivity (Wildman–Crippen MR) is 81.7 cm³/mol. The molecule has 1 unspecified atom stereocenters. The highest BCUT2D eigenvalue weighted by molar-refractivity contribution is 7.18. The number of benzene rings is 1. The first-order chi connectivity index (χ1) is 9.99. The Morgan fingerprint density at radius 2 is 2.14 bits per heavy atom. The molecule has 0 saturated heterocycles. The lowest BCUT2D eigenvalue weighted by atomic mass is 10.1. The molecule has 1 N–H and O–H groups in total. The van der Waals surface area contributed by atoms with Gasteiger partial charge in [0.2, 0.25) is 0 Å². The van der Waals surface area contributed by atoms with E-state index in [0.29, 0.717) is 11.6 Å². The van der Waals surface area contributed by atoms with Gasteiger partial charge in [0.15, 0.2) is 15.2 Å². The molecule has 0 saturated carbocycles. The number of nitrogens with zero attached hydrogens (tertiary/aromatic N) is 1. The molecule has 0 amide bonds. The molecule has 0 radical (unpaired) electrons. The largest absolute Gasteiger partial charge is 0.465 e. The van der Waals surface area contributed by atoms with Gasteiger partial charge in [-0.15, -0.1) is 0 Å². The van der Waals surface area contributed by atoms with Crippen molar-refractivity contribution in [2.24, 2.45) is 0 Å². The van der Waals surface area contributed by atoms with Crippen LogP contribution in [0.2, 0.25) is 5.15 Å². The lowest BCUT2D eigenvalue weighted by Gasteiger charge is -2.12. The van der Waals surface area contributed by atoms with Gasteiger partial charge in [0, 0.05) is 6.04 Å². The molecule has 1 aromatic heterocycles. The molecule has 0 aliphatic rings. The first-order valence-electron chi connectivity index (χ1n) is 6.25. The summed E-state index contributed by atoms with van der Waals surface area (Å²) in [7, 11) is 1.29. The monoisotopic (exact) mass is 328 g/mol. The summed E-state index contributed by atoms with van der Waals surface area (Å²) in [4.78, 5) is 15.8. The van der Waals surface area contributed by atoms with Crippen molar-refractivity contribution in [3.63, 3.8) is 0 Å². The van der Waals surface area contributed by atoms with Crippen LogP contribution in [0.5, 0.6) is 0 Å². The lowest BCUT2D eigenvalue weighted by Crippen LogP contribution is -2.17. The van der Waals surface area contributed by atoms with Crippen LogP contribution in [0.3, 0.4) is 0 Å². The summed E-state index contributed by atoms with van der Waals surface area (Å²) < 4.78 is 17.5. The number of halogens is 2. The molecule has 0 aliphatic carbocycles. The summed E-state index contributed by atoms with van der Waals surface area (Å²) in [6.45, 7) is 1.97. The molecule has 1 atom stereocenters. The number of nitrogens with one attached hydrogen (secondary N) is 1. The van der Waals surface area contributed by atoms with Crippen LogP contribution in [-0.4, -0.2) is 24.1 Å². The van der Waals surface area contributed by atoms with E-state index in [1.807, 2.05) is 6.92 Å². The third kappa shape index (κ3) is 4.15. The molecule has 21 heavy (non-hydrogen) atoms. The minimum Gasteiger partial charge on any atom is -0.465 e. The average Bonchev–Trinajstić information content (AvgIpc) is 2.81. The van der Waals surface area contributed by atoms with Crippen LogP contribution in [0.25, 0.3) is 0 Å². The van der Waals surface area contributed by atoms with Crippen molar-refractivity contribution in [1.29, 1.82) is 0 Å². The molecular formula is C14H14ClFN2O2S. The molecule has 4 nitrogen and oxygen atoms in total. The Balaban J connectivity index is 2.01. The van der Waals surface area contributed by atoms with Gasteiger partial charge in [-0.25, -0.2) is 14.2 Å². The summed E-state index contributed by atoms with van der Waals surface area (Å²) in [5.41, 5.74) is 1.01. The average molecular weight is 329 g/mol. The molecule has 0 fully saturated rings. The third-order valence-corrected chi connectivity index (χ3v) is 4.13. The molecule has 1 heterocycles. The van der Waals surface area contributed by atoms with Crippen LogP contribution >= 0.6 is 22.9 Å². The smallest absolute Gasteiger partial charge is 0.351 e. The van der Waals surface area contributed by atoms with Crippen molar-refractivity contribution < 1.29 is 13.9 Å². The fourth-order valence-corrected chi connectivity index (χ4v) is 3.03.